The van der Waals surface area contributed by atoms with Gasteiger partial charge in [-0.3, -0.25) is 4.79 Å². The summed E-state index contributed by atoms with van der Waals surface area (Å²) in [5.74, 6) is -1.42. The van der Waals surface area contributed by atoms with Crippen LogP contribution in [0.4, 0.5) is 5.69 Å². The molecule has 0 fully saturated rings. The zero-order valence-electron chi connectivity index (χ0n) is 14.2. The second-order valence-corrected chi connectivity index (χ2v) is 5.67. The van der Waals surface area contributed by atoms with Crippen LogP contribution < -0.4 is 10.1 Å². The number of hydrogen-bond donors (Lipinski definition) is 3. The Morgan fingerprint density at radius 3 is 2.54 bits per heavy atom. The van der Waals surface area contributed by atoms with Gasteiger partial charge in [0.15, 0.2) is 0 Å². The highest BCUT2D eigenvalue weighted by Gasteiger charge is 2.16. The summed E-state index contributed by atoms with van der Waals surface area (Å²) in [6.07, 6.45) is 5.40. The van der Waals surface area contributed by atoms with Gasteiger partial charge in [0.25, 0.3) is 0 Å². The van der Waals surface area contributed by atoms with Gasteiger partial charge in [0.1, 0.15) is 11.3 Å². The number of aliphatic carboxylic acids is 1. The smallest absolute Gasteiger partial charge is 0.341 e. The number of carbonyl (C=O) groups is 2. The number of ether oxygens (including phenoxy) is 1. The summed E-state index contributed by atoms with van der Waals surface area (Å²) in [5, 5.41) is 21.2. The quantitative estimate of drug-likeness (QED) is 0.471. The number of carboxylic acid groups (broad SMARTS) is 2. The average molecular weight is 337 g/mol. The third-order valence-electron chi connectivity index (χ3n) is 3.63. The van der Waals surface area contributed by atoms with Crippen molar-refractivity contribution < 1.29 is 24.5 Å². The van der Waals surface area contributed by atoms with Crippen LogP contribution in [0.2, 0.25) is 0 Å². The van der Waals surface area contributed by atoms with Crippen LogP contribution in [-0.4, -0.2) is 35.3 Å². The van der Waals surface area contributed by atoms with E-state index in [0.717, 1.165) is 32.1 Å². The van der Waals surface area contributed by atoms with Crippen LogP contribution in [0.25, 0.3) is 0 Å². The van der Waals surface area contributed by atoms with Crippen molar-refractivity contribution in [2.45, 2.75) is 51.9 Å². The van der Waals surface area contributed by atoms with Crippen LogP contribution in [-0.2, 0) is 4.79 Å². The number of nitrogens with one attached hydrogen (secondary N) is 1. The summed E-state index contributed by atoms with van der Waals surface area (Å²) in [4.78, 5) is 22.0. The zero-order valence-corrected chi connectivity index (χ0v) is 14.2. The fraction of sp³-hybridized carbons (Fsp3) is 0.556. The van der Waals surface area contributed by atoms with Gasteiger partial charge in [0, 0.05) is 13.0 Å². The van der Waals surface area contributed by atoms with Crippen molar-refractivity contribution in [3.8, 4) is 5.75 Å². The zero-order chi connectivity index (χ0) is 17.8. The Morgan fingerprint density at radius 1 is 1.08 bits per heavy atom. The molecule has 0 radical (unpaired) electrons. The van der Waals surface area contributed by atoms with Crippen molar-refractivity contribution in [3.63, 3.8) is 0 Å². The first-order valence-corrected chi connectivity index (χ1v) is 8.51. The number of unbranched alkanes of at least 4 members (excludes halogenated alkanes) is 4. The molecule has 0 saturated carbocycles. The predicted octanol–water partition coefficient (Wildman–Crippen LogP) is 4.01. The van der Waals surface area contributed by atoms with Gasteiger partial charge in [-0.05, 0) is 31.4 Å². The third-order valence-corrected chi connectivity index (χ3v) is 3.63. The molecule has 0 aliphatic heterocycles. The predicted molar refractivity (Wildman–Crippen MR) is 93.0 cm³/mol. The van der Waals surface area contributed by atoms with Gasteiger partial charge in [-0.1, -0.05) is 32.3 Å². The van der Waals surface area contributed by atoms with Crippen molar-refractivity contribution in [3.05, 3.63) is 23.8 Å². The Kier molecular flexibility index (Phi) is 9.34. The van der Waals surface area contributed by atoms with E-state index in [1.54, 1.807) is 18.2 Å². The topological polar surface area (TPSA) is 95.9 Å². The fourth-order valence-electron chi connectivity index (χ4n) is 2.35. The molecule has 0 atom stereocenters. The normalized spacial score (nSPS) is 10.4. The Balaban J connectivity index is 2.56. The Morgan fingerprint density at radius 2 is 1.88 bits per heavy atom. The maximum Gasteiger partial charge on any atom is 0.341 e. The van der Waals surface area contributed by atoms with Crippen LogP contribution in [0.1, 0.15) is 62.2 Å². The molecule has 0 amide bonds. The van der Waals surface area contributed by atoms with E-state index < -0.39 is 11.9 Å². The van der Waals surface area contributed by atoms with Gasteiger partial charge in [-0.2, -0.15) is 0 Å². The lowest BCUT2D eigenvalue weighted by atomic mass is 10.1. The fourth-order valence-corrected chi connectivity index (χ4v) is 2.35. The standard InChI is InChI=1S/C18H27NO5/c1-2-3-7-13-24-15-10-8-9-14(17(15)18(22)23)19-12-6-4-5-11-16(20)21/h8-10,19H,2-7,11-13H2,1H3,(H,20,21)(H,22,23). The van der Waals surface area contributed by atoms with Crippen LogP contribution in [0.15, 0.2) is 18.2 Å². The molecule has 1 rings (SSSR count). The Labute approximate surface area is 142 Å². The Bertz CT molecular complexity index is 530. The molecule has 0 aliphatic carbocycles. The molecule has 6 nitrogen and oxygen atoms in total. The number of hydrogen-bond acceptors (Lipinski definition) is 4. The highest BCUT2D eigenvalue weighted by Crippen LogP contribution is 2.27. The second-order valence-electron chi connectivity index (χ2n) is 5.67. The minimum absolute atomic E-state index is 0.152. The maximum absolute atomic E-state index is 11.6. The summed E-state index contributed by atoms with van der Waals surface area (Å²) in [6, 6.07) is 5.17. The molecule has 0 unspecified atom stereocenters. The summed E-state index contributed by atoms with van der Waals surface area (Å²) in [5.41, 5.74) is 0.688. The number of benzene rings is 1. The maximum atomic E-state index is 11.6. The van der Waals surface area contributed by atoms with E-state index >= 15 is 0 Å². The lowest BCUT2D eigenvalue weighted by molar-refractivity contribution is -0.137. The van der Waals surface area contributed by atoms with E-state index in [-0.39, 0.29) is 12.0 Å². The van der Waals surface area contributed by atoms with Gasteiger partial charge >= 0.3 is 11.9 Å². The summed E-state index contributed by atoms with van der Waals surface area (Å²) in [7, 11) is 0. The van der Waals surface area contributed by atoms with Crippen molar-refractivity contribution in [2.24, 2.45) is 0 Å². The summed E-state index contributed by atoms with van der Waals surface area (Å²) >= 11 is 0. The molecule has 24 heavy (non-hydrogen) atoms. The van der Waals surface area contributed by atoms with Gasteiger partial charge in [-0.25, -0.2) is 4.79 Å². The molecule has 134 valence electrons. The molecular weight excluding hydrogens is 310 g/mol. The van der Waals surface area contributed by atoms with Crippen LogP contribution in [0, 0.1) is 0 Å². The van der Waals surface area contributed by atoms with Crippen molar-refractivity contribution in [2.75, 3.05) is 18.5 Å². The van der Waals surface area contributed by atoms with E-state index in [1.165, 1.54) is 0 Å². The van der Waals surface area contributed by atoms with E-state index in [9.17, 15) is 14.7 Å². The second kappa shape index (κ2) is 11.3. The van der Waals surface area contributed by atoms with E-state index in [2.05, 4.69) is 12.2 Å². The van der Waals surface area contributed by atoms with E-state index in [4.69, 9.17) is 9.84 Å². The highest BCUT2D eigenvalue weighted by atomic mass is 16.5. The van der Waals surface area contributed by atoms with Crippen molar-refractivity contribution in [1.29, 1.82) is 0 Å². The highest BCUT2D eigenvalue weighted by molar-refractivity contribution is 5.97. The van der Waals surface area contributed by atoms with Crippen molar-refractivity contribution >= 4 is 17.6 Å². The largest absolute Gasteiger partial charge is 0.493 e. The molecule has 0 bridgehead atoms. The van der Waals surface area contributed by atoms with Crippen LogP contribution >= 0.6 is 0 Å². The van der Waals surface area contributed by atoms with Gasteiger partial charge in [0.05, 0.1) is 12.3 Å². The number of aromatic carboxylic acids is 1. The van der Waals surface area contributed by atoms with E-state index in [1.807, 2.05) is 0 Å². The molecule has 0 spiro atoms. The van der Waals surface area contributed by atoms with Gasteiger partial charge in [0.2, 0.25) is 0 Å². The molecule has 0 heterocycles. The minimum Gasteiger partial charge on any atom is -0.493 e. The third kappa shape index (κ3) is 7.35. The van der Waals surface area contributed by atoms with Crippen LogP contribution in [0.5, 0.6) is 5.75 Å². The monoisotopic (exact) mass is 337 g/mol. The minimum atomic E-state index is -1.02. The van der Waals surface area contributed by atoms with Crippen LogP contribution in [0.3, 0.4) is 0 Å². The molecule has 0 aromatic heterocycles. The molecule has 0 saturated heterocycles. The summed E-state index contributed by atoms with van der Waals surface area (Å²) in [6.45, 7) is 3.20. The van der Waals surface area contributed by atoms with Gasteiger partial charge in [-0.15, -0.1) is 0 Å². The Hall–Kier alpha value is -2.24. The molecule has 0 aliphatic rings. The lowest BCUT2D eigenvalue weighted by Crippen LogP contribution is -2.10. The molecular formula is C18H27NO5. The molecule has 1 aromatic rings. The molecule has 1 aromatic carbocycles. The summed E-state index contributed by atoms with van der Waals surface area (Å²) < 4.78 is 5.63. The average Bonchev–Trinajstić information content (AvgIpc) is 2.54. The SMILES string of the molecule is CCCCCOc1cccc(NCCCCCC(=O)O)c1C(=O)O. The first-order valence-electron chi connectivity index (χ1n) is 8.51. The van der Waals surface area contributed by atoms with Crippen molar-refractivity contribution in [1.82, 2.24) is 0 Å². The lowest BCUT2D eigenvalue weighted by Gasteiger charge is -2.14. The van der Waals surface area contributed by atoms with E-state index in [0.29, 0.717) is 31.0 Å². The first kappa shape index (κ1) is 19.8. The molecule has 3 N–H and O–H groups in total. The van der Waals surface area contributed by atoms with Gasteiger partial charge < -0.3 is 20.3 Å². The first-order chi connectivity index (χ1) is 11.6. The number of rotatable bonds is 13. The number of carboxylic acids is 2. The number of anilines is 1. The molecule has 6 heteroatoms.